The zero-order valence-electron chi connectivity index (χ0n) is 9.22. The molecular formula is C10H7F3N4O2. The molecule has 0 unspecified atom stereocenters. The fourth-order valence-corrected chi connectivity index (χ4v) is 1.42. The smallest absolute Gasteiger partial charge is 0.419 e. The van der Waals surface area contributed by atoms with Crippen molar-refractivity contribution in [1.82, 2.24) is 14.8 Å². The third kappa shape index (κ3) is 2.34. The maximum Gasteiger partial charge on any atom is 0.419 e. The highest BCUT2D eigenvalue weighted by atomic mass is 19.4. The maximum atomic E-state index is 12.4. The van der Waals surface area contributed by atoms with Crippen molar-refractivity contribution in [1.29, 1.82) is 0 Å². The van der Waals surface area contributed by atoms with Crippen LogP contribution in [-0.2, 0) is 6.18 Å². The Morgan fingerprint density at radius 1 is 1.42 bits per heavy atom. The summed E-state index contributed by atoms with van der Waals surface area (Å²) in [6, 6.07) is 1.15. The Bertz CT molecular complexity index is 636. The van der Waals surface area contributed by atoms with Gasteiger partial charge >= 0.3 is 12.1 Å². The summed E-state index contributed by atoms with van der Waals surface area (Å²) in [7, 11) is 0. The summed E-state index contributed by atoms with van der Waals surface area (Å²) in [6.45, 7) is 0. The van der Waals surface area contributed by atoms with Crippen LogP contribution in [0.25, 0.3) is 5.82 Å². The van der Waals surface area contributed by atoms with Crippen LogP contribution in [0.1, 0.15) is 15.9 Å². The highest BCUT2D eigenvalue weighted by Gasteiger charge is 2.32. The number of carbonyl (C=O) groups is 1. The molecule has 0 saturated carbocycles. The van der Waals surface area contributed by atoms with Crippen molar-refractivity contribution in [2.45, 2.75) is 6.18 Å². The largest absolute Gasteiger partial charge is 0.478 e. The van der Waals surface area contributed by atoms with Crippen LogP contribution in [-0.4, -0.2) is 25.8 Å². The summed E-state index contributed by atoms with van der Waals surface area (Å²) in [5, 5.41) is 12.3. The minimum atomic E-state index is -4.54. The fourth-order valence-electron chi connectivity index (χ4n) is 1.42. The number of nitrogen functional groups attached to an aromatic ring is 1. The Labute approximate surface area is 104 Å². The lowest BCUT2D eigenvalue weighted by Crippen LogP contribution is -2.09. The molecule has 0 aliphatic carbocycles. The Morgan fingerprint density at radius 3 is 2.63 bits per heavy atom. The number of nitrogens with two attached hydrogens (primary N) is 1. The van der Waals surface area contributed by atoms with Crippen molar-refractivity contribution < 1.29 is 23.1 Å². The summed E-state index contributed by atoms with van der Waals surface area (Å²) >= 11 is 0. The molecule has 0 amide bonds. The molecule has 0 bridgehead atoms. The first-order valence-electron chi connectivity index (χ1n) is 4.90. The molecule has 100 valence electrons. The summed E-state index contributed by atoms with van der Waals surface area (Å²) in [6.07, 6.45) is -2.12. The van der Waals surface area contributed by atoms with E-state index in [1.165, 1.54) is 0 Å². The molecule has 2 heterocycles. The number of aromatic carboxylic acids is 1. The van der Waals surface area contributed by atoms with Crippen molar-refractivity contribution in [3.8, 4) is 5.82 Å². The SMILES string of the molecule is Nc1c(C(=O)O)ccnc1-n1cc(C(F)(F)F)cn1. The molecule has 0 radical (unpaired) electrons. The number of carboxylic acid groups (broad SMARTS) is 1. The van der Waals surface area contributed by atoms with E-state index in [0.29, 0.717) is 12.4 Å². The Hall–Kier alpha value is -2.58. The normalized spacial score (nSPS) is 11.5. The number of anilines is 1. The zero-order chi connectivity index (χ0) is 14.2. The van der Waals surface area contributed by atoms with Crippen molar-refractivity contribution >= 4 is 11.7 Å². The molecule has 0 spiro atoms. The van der Waals surface area contributed by atoms with Gasteiger partial charge in [-0.3, -0.25) is 0 Å². The van der Waals surface area contributed by atoms with Crippen molar-refractivity contribution in [3.05, 3.63) is 35.8 Å². The molecule has 6 nitrogen and oxygen atoms in total. The molecular weight excluding hydrogens is 265 g/mol. The highest BCUT2D eigenvalue weighted by Crippen LogP contribution is 2.29. The van der Waals surface area contributed by atoms with E-state index in [-0.39, 0.29) is 17.1 Å². The van der Waals surface area contributed by atoms with Crippen LogP contribution in [0.4, 0.5) is 18.9 Å². The number of aromatic nitrogens is 3. The molecule has 2 rings (SSSR count). The summed E-state index contributed by atoms with van der Waals surface area (Å²) in [5.74, 6) is -1.47. The van der Waals surface area contributed by atoms with E-state index in [0.717, 1.165) is 16.9 Å². The second-order valence-electron chi connectivity index (χ2n) is 3.57. The summed E-state index contributed by atoms with van der Waals surface area (Å²) < 4.78 is 38.1. The number of hydrogen-bond acceptors (Lipinski definition) is 4. The first kappa shape index (κ1) is 12.9. The average molecular weight is 272 g/mol. The van der Waals surface area contributed by atoms with E-state index in [9.17, 15) is 18.0 Å². The van der Waals surface area contributed by atoms with Gasteiger partial charge in [0.05, 0.1) is 23.0 Å². The summed E-state index contributed by atoms with van der Waals surface area (Å²) in [5.41, 5.74) is 4.06. The third-order valence-corrected chi connectivity index (χ3v) is 2.33. The Morgan fingerprint density at radius 2 is 2.11 bits per heavy atom. The van der Waals surface area contributed by atoms with Gasteiger partial charge in [0.1, 0.15) is 0 Å². The molecule has 3 N–H and O–H groups in total. The maximum absolute atomic E-state index is 12.4. The Kier molecular flexibility index (Phi) is 2.89. The van der Waals surface area contributed by atoms with Crippen LogP contribution in [0.2, 0.25) is 0 Å². The number of nitrogens with zero attached hydrogens (tertiary/aromatic N) is 3. The van der Waals surface area contributed by atoms with Gasteiger partial charge in [-0.15, -0.1) is 0 Å². The van der Waals surface area contributed by atoms with Crippen molar-refractivity contribution in [2.75, 3.05) is 5.73 Å². The van der Waals surface area contributed by atoms with Crippen LogP contribution >= 0.6 is 0 Å². The predicted molar refractivity (Wildman–Crippen MR) is 57.7 cm³/mol. The zero-order valence-corrected chi connectivity index (χ0v) is 9.22. The van der Waals surface area contributed by atoms with E-state index in [4.69, 9.17) is 10.8 Å². The molecule has 0 fully saturated rings. The molecule has 2 aromatic heterocycles. The molecule has 2 aromatic rings. The number of pyridine rings is 1. The predicted octanol–water partition coefficient (Wildman–Crippen LogP) is 1.57. The van der Waals surface area contributed by atoms with Gasteiger partial charge in [-0.05, 0) is 6.07 Å². The number of rotatable bonds is 2. The number of carboxylic acids is 1. The van der Waals surface area contributed by atoms with Gasteiger partial charge in [0.15, 0.2) is 5.82 Å². The minimum absolute atomic E-state index is 0.171. The molecule has 9 heteroatoms. The van der Waals surface area contributed by atoms with Crippen LogP contribution in [0.15, 0.2) is 24.7 Å². The van der Waals surface area contributed by atoms with Gasteiger partial charge in [0.2, 0.25) is 0 Å². The lowest BCUT2D eigenvalue weighted by Gasteiger charge is -2.06. The number of alkyl halides is 3. The van der Waals surface area contributed by atoms with Crippen LogP contribution in [0.3, 0.4) is 0 Å². The average Bonchev–Trinajstić information content (AvgIpc) is 2.77. The van der Waals surface area contributed by atoms with E-state index in [2.05, 4.69) is 10.1 Å². The van der Waals surface area contributed by atoms with Crippen molar-refractivity contribution in [2.24, 2.45) is 0 Å². The van der Waals surface area contributed by atoms with Crippen LogP contribution in [0.5, 0.6) is 0 Å². The van der Waals surface area contributed by atoms with Gasteiger partial charge < -0.3 is 10.8 Å². The van der Waals surface area contributed by atoms with E-state index in [1.807, 2.05) is 0 Å². The molecule has 0 atom stereocenters. The first-order chi connectivity index (χ1) is 8.80. The van der Waals surface area contributed by atoms with Crippen LogP contribution in [0, 0.1) is 0 Å². The van der Waals surface area contributed by atoms with Gasteiger partial charge in [0, 0.05) is 12.4 Å². The monoisotopic (exact) mass is 272 g/mol. The van der Waals surface area contributed by atoms with E-state index < -0.39 is 17.7 Å². The molecule has 19 heavy (non-hydrogen) atoms. The van der Waals surface area contributed by atoms with E-state index >= 15 is 0 Å². The molecule has 0 aromatic carbocycles. The number of hydrogen-bond donors (Lipinski definition) is 2. The van der Waals surface area contributed by atoms with Crippen LogP contribution < -0.4 is 5.73 Å². The van der Waals surface area contributed by atoms with Gasteiger partial charge in [-0.25, -0.2) is 14.5 Å². The van der Waals surface area contributed by atoms with Gasteiger partial charge in [-0.1, -0.05) is 0 Å². The van der Waals surface area contributed by atoms with Gasteiger partial charge in [-0.2, -0.15) is 18.3 Å². The molecule has 0 saturated heterocycles. The lowest BCUT2D eigenvalue weighted by atomic mass is 10.2. The lowest BCUT2D eigenvalue weighted by molar-refractivity contribution is -0.137. The Balaban J connectivity index is 2.51. The second-order valence-corrected chi connectivity index (χ2v) is 3.57. The second kappa shape index (κ2) is 4.26. The third-order valence-electron chi connectivity index (χ3n) is 2.33. The standard InChI is InChI=1S/C10H7F3N4O2/c11-10(12,13)5-3-16-17(4-5)8-7(14)6(9(18)19)1-2-15-8/h1-4H,14H2,(H,18,19). The summed E-state index contributed by atoms with van der Waals surface area (Å²) in [4.78, 5) is 14.6. The minimum Gasteiger partial charge on any atom is -0.478 e. The molecule has 0 aliphatic rings. The van der Waals surface area contributed by atoms with E-state index in [1.54, 1.807) is 0 Å². The number of halogens is 3. The first-order valence-corrected chi connectivity index (χ1v) is 4.90. The van der Waals surface area contributed by atoms with Gasteiger partial charge in [0.25, 0.3) is 0 Å². The quantitative estimate of drug-likeness (QED) is 0.865. The topological polar surface area (TPSA) is 94.0 Å². The highest BCUT2D eigenvalue weighted by molar-refractivity contribution is 5.95. The molecule has 0 aliphatic heterocycles. The fraction of sp³-hybridized carbons (Fsp3) is 0.100. The van der Waals surface area contributed by atoms with Crippen molar-refractivity contribution in [3.63, 3.8) is 0 Å².